The molecule has 0 spiro atoms. The lowest BCUT2D eigenvalue weighted by Gasteiger charge is -2.28. The molecule has 0 aromatic heterocycles. The highest BCUT2D eigenvalue weighted by molar-refractivity contribution is 6.85. The van der Waals surface area contributed by atoms with E-state index in [9.17, 15) is 0 Å². The van der Waals surface area contributed by atoms with Crippen LogP contribution in [0.5, 0.6) is 0 Å². The summed E-state index contributed by atoms with van der Waals surface area (Å²) in [5.41, 5.74) is 4.39. The van der Waals surface area contributed by atoms with Crippen molar-refractivity contribution < 1.29 is 9.31 Å². The molecule has 5 rings (SSSR count). The summed E-state index contributed by atoms with van der Waals surface area (Å²) in [5, 5.41) is 9.65. The first-order valence-corrected chi connectivity index (χ1v) is 8.00. The van der Waals surface area contributed by atoms with Crippen molar-refractivity contribution in [3.8, 4) is 0 Å². The van der Waals surface area contributed by atoms with Gasteiger partial charge in [-0.2, -0.15) is 0 Å². The van der Waals surface area contributed by atoms with Crippen molar-refractivity contribution in [1.29, 1.82) is 0 Å². The van der Waals surface area contributed by atoms with E-state index in [0.29, 0.717) is 0 Å². The third-order valence-corrected chi connectivity index (χ3v) is 4.53. The van der Waals surface area contributed by atoms with Crippen molar-refractivity contribution in [3.63, 3.8) is 0 Å². The maximum Gasteiger partial charge on any atom is 0.631 e. The Balaban J connectivity index is 1.58. The predicted molar refractivity (Wildman–Crippen MR) is 99.7 cm³/mol. The smallest absolute Gasteiger partial charge is 0.525 e. The highest BCUT2D eigenvalue weighted by Gasteiger charge is 2.35. The Morgan fingerprint density at radius 3 is 1.96 bits per heavy atom. The first-order valence-electron chi connectivity index (χ1n) is 8.00. The van der Waals surface area contributed by atoms with E-state index >= 15 is 0 Å². The molecule has 114 valence electrons. The normalized spacial score (nSPS) is 14.8. The molecule has 0 saturated heterocycles. The molecule has 24 heavy (non-hydrogen) atoms. The number of hydrogen-bond donors (Lipinski definition) is 2. The van der Waals surface area contributed by atoms with Crippen molar-refractivity contribution in [2.45, 2.75) is 0 Å². The molecule has 0 radical (unpaired) electrons. The molecule has 4 nitrogen and oxygen atoms in total. The summed E-state index contributed by atoms with van der Waals surface area (Å²) in [7, 11) is -0.391. The van der Waals surface area contributed by atoms with Gasteiger partial charge >= 0.3 is 14.1 Å². The van der Waals surface area contributed by atoms with Crippen LogP contribution in [0.3, 0.4) is 0 Å². The minimum absolute atomic E-state index is 0.0468. The highest BCUT2D eigenvalue weighted by atomic mass is 16.6. The molecule has 0 fully saturated rings. The number of nitrogens with one attached hydrogen (secondary N) is 2. The first-order chi connectivity index (χ1) is 11.9. The number of rotatable bonds is 2. The van der Waals surface area contributed by atoms with Crippen LogP contribution in [0.2, 0.25) is 0 Å². The average molecular weight is 312 g/mol. The van der Waals surface area contributed by atoms with E-state index < -0.39 is 7.12 Å². The zero-order chi connectivity index (χ0) is 15.9. The molecule has 3 aromatic carbocycles. The lowest BCUT2D eigenvalue weighted by Crippen LogP contribution is -2.57. The summed E-state index contributed by atoms with van der Waals surface area (Å²) < 4.78 is 11.1. The summed E-state index contributed by atoms with van der Waals surface area (Å²) in [6, 6.07) is 20.8. The maximum atomic E-state index is 5.54. The van der Waals surface area contributed by atoms with Crippen LogP contribution in [0.1, 0.15) is 0 Å². The molecule has 0 amide bonds. The zero-order valence-corrected chi connectivity index (χ0v) is 12.9. The van der Waals surface area contributed by atoms with Gasteiger partial charge in [-0.05, 0) is 23.0 Å². The van der Waals surface area contributed by atoms with Crippen LogP contribution in [-0.4, -0.2) is 14.1 Å². The number of hydrogen-bond acceptors (Lipinski definition) is 4. The SMILES string of the molecule is C1=COB(c2ccccc2B2Nc3cccc4cccc(c34)N2)O1. The lowest BCUT2D eigenvalue weighted by atomic mass is 9.58. The molecule has 0 bridgehead atoms. The molecule has 2 aliphatic rings. The minimum atomic E-state index is -0.391. The van der Waals surface area contributed by atoms with E-state index in [2.05, 4.69) is 52.9 Å². The lowest BCUT2D eigenvalue weighted by molar-refractivity contribution is 0.423. The van der Waals surface area contributed by atoms with Gasteiger partial charge in [0.25, 0.3) is 0 Å². The monoisotopic (exact) mass is 312 g/mol. The summed E-state index contributed by atoms with van der Waals surface area (Å²) in [6.45, 7) is -0.0468. The van der Waals surface area contributed by atoms with Gasteiger partial charge in [0.2, 0.25) is 0 Å². The van der Waals surface area contributed by atoms with Gasteiger partial charge < -0.3 is 19.8 Å². The molecule has 2 N–H and O–H groups in total. The molecule has 2 heterocycles. The molecule has 3 aromatic rings. The quantitative estimate of drug-likeness (QED) is 0.713. The summed E-state index contributed by atoms with van der Waals surface area (Å²) in [4.78, 5) is 0. The third-order valence-electron chi connectivity index (χ3n) is 4.53. The number of benzene rings is 3. The average Bonchev–Trinajstić information content (AvgIpc) is 3.17. The van der Waals surface area contributed by atoms with Crippen LogP contribution in [0.4, 0.5) is 11.4 Å². The van der Waals surface area contributed by atoms with Crippen LogP contribution in [-0.2, 0) is 9.31 Å². The van der Waals surface area contributed by atoms with Gasteiger partial charge in [-0.1, -0.05) is 48.5 Å². The van der Waals surface area contributed by atoms with Gasteiger partial charge in [-0.25, -0.2) is 0 Å². The van der Waals surface area contributed by atoms with Gasteiger partial charge in [0.1, 0.15) is 0 Å². The topological polar surface area (TPSA) is 42.5 Å². The largest absolute Gasteiger partial charge is 0.631 e. The van der Waals surface area contributed by atoms with Crippen LogP contribution < -0.4 is 21.4 Å². The Bertz CT molecular complexity index is 912. The highest BCUT2D eigenvalue weighted by Crippen LogP contribution is 2.33. The third kappa shape index (κ3) is 2.03. The van der Waals surface area contributed by atoms with Gasteiger partial charge in [0, 0.05) is 22.2 Å². The molecular weight excluding hydrogens is 298 g/mol. The molecule has 2 aliphatic heterocycles. The Hall–Kier alpha value is -3.01. The second kappa shape index (κ2) is 5.27. The van der Waals surface area contributed by atoms with Crippen LogP contribution in [0, 0.1) is 0 Å². The molecule has 0 saturated carbocycles. The van der Waals surface area contributed by atoms with Crippen molar-refractivity contribution in [2.24, 2.45) is 0 Å². The van der Waals surface area contributed by atoms with E-state index in [1.165, 1.54) is 10.8 Å². The Morgan fingerprint density at radius 1 is 0.667 bits per heavy atom. The molecule has 0 aliphatic carbocycles. The van der Waals surface area contributed by atoms with Crippen LogP contribution in [0.15, 0.2) is 73.2 Å². The van der Waals surface area contributed by atoms with Crippen LogP contribution >= 0.6 is 0 Å². The molecule has 0 atom stereocenters. The van der Waals surface area contributed by atoms with Gasteiger partial charge in [-0.3, -0.25) is 0 Å². The van der Waals surface area contributed by atoms with Gasteiger partial charge in [0.15, 0.2) is 0 Å². The molecule has 0 unspecified atom stereocenters. The van der Waals surface area contributed by atoms with Gasteiger partial charge in [0.05, 0.1) is 12.5 Å². The zero-order valence-electron chi connectivity index (χ0n) is 12.9. The summed E-state index contributed by atoms with van der Waals surface area (Å²) >= 11 is 0. The molecular formula is C18H14B2N2O2. The van der Waals surface area contributed by atoms with Crippen molar-refractivity contribution in [1.82, 2.24) is 0 Å². The molecule has 6 heteroatoms. The summed E-state index contributed by atoms with van der Waals surface area (Å²) in [6.07, 6.45) is 3.17. The van der Waals surface area contributed by atoms with E-state index in [1.54, 1.807) is 12.5 Å². The van der Waals surface area contributed by atoms with Gasteiger partial charge in [-0.15, -0.1) is 0 Å². The predicted octanol–water partition coefficient (Wildman–Crippen LogP) is 2.29. The Labute approximate surface area is 140 Å². The fraction of sp³-hybridized carbons (Fsp3) is 0. The maximum absolute atomic E-state index is 5.54. The van der Waals surface area contributed by atoms with Crippen LogP contribution in [0.25, 0.3) is 10.8 Å². The second-order valence-corrected chi connectivity index (χ2v) is 5.94. The number of anilines is 2. The fourth-order valence-electron chi connectivity index (χ4n) is 3.46. The minimum Gasteiger partial charge on any atom is -0.525 e. The fourth-order valence-corrected chi connectivity index (χ4v) is 3.46. The standard InChI is InChI=1S/C18H14B2N2O2/c1-2-8-15(20-23-11-12-24-20)14(7-1)19-21-16-9-3-5-13-6-4-10-17(22-19)18(13)16/h1-12,21-22H. The van der Waals surface area contributed by atoms with Crippen molar-refractivity contribution in [3.05, 3.63) is 73.2 Å². The first kappa shape index (κ1) is 13.4. The van der Waals surface area contributed by atoms with E-state index in [0.717, 1.165) is 22.3 Å². The van der Waals surface area contributed by atoms with E-state index in [1.807, 2.05) is 18.2 Å². The van der Waals surface area contributed by atoms with E-state index in [-0.39, 0.29) is 6.98 Å². The summed E-state index contributed by atoms with van der Waals surface area (Å²) in [5.74, 6) is 0. The Kier molecular flexibility index (Phi) is 2.95. The second-order valence-electron chi connectivity index (χ2n) is 5.94. The van der Waals surface area contributed by atoms with Crippen molar-refractivity contribution >= 4 is 47.2 Å². The van der Waals surface area contributed by atoms with E-state index in [4.69, 9.17) is 9.31 Å². The Morgan fingerprint density at radius 2 is 1.29 bits per heavy atom. The van der Waals surface area contributed by atoms with Crippen molar-refractivity contribution in [2.75, 3.05) is 10.5 Å².